The first kappa shape index (κ1) is 14.5. The molecule has 0 aliphatic rings. The minimum Gasteiger partial charge on any atom is -0.465 e. The molecule has 0 amide bonds. The van der Waals surface area contributed by atoms with Gasteiger partial charge in [0.1, 0.15) is 11.8 Å². The molecule has 3 aromatic rings. The predicted molar refractivity (Wildman–Crippen MR) is 87.8 cm³/mol. The van der Waals surface area contributed by atoms with Crippen LogP contribution >= 0.6 is 0 Å². The first-order valence-corrected chi connectivity index (χ1v) is 7.07. The van der Waals surface area contributed by atoms with Crippen molar-refractivity contribution in [3.05, 3.63) is 72.5 Å². The molecule has 0 fully saturated rings. The molecule has 0 aliphatic carbocycles. The Morgan fingerprint density at radius 3 is 2.70 bits per heavy atom. The first-order valence-electron chi connectivity index (χ1n) is 7.07. The van der Waals surface area contributed by atoms with Gasteiger partial charge in [-0.1, -0.05) is 36.4 Å². The number of hydrogen-bond donors (Lipinski definition) is 0. The highest BCUT2D eigenvalue weighted by Gasteiger charge is 2.13. The second-order valence-corrected chi connectivity index (χ2v) is 4.84. The van der Waals surface area contributed by atoms with Gasteiger partial charge in [-0.15, -0.1) is 10.2 Å². The van der Waals surface area contributed by atoms with Crippen LogP contribution in [-0.2, 0) is 7.05 Å². The van der Waals surface area contributed by atoms with Gasteiger partial charge in [0.15, 0.2) is 11.6 Å². The second kappa shape index (κ2) is 6.58. The third kappa shape index (κ3) is 3.11. The standard InChI is InChI=1S/C18H14N4O/c1-22-17(14-7-3-2-4-8-14)20-21-18(22)15(13-19)9-5-10-16-11-6-12-23-16/h2-12H,1H3. The zero-order valence-corrected chi connectivity index (χ0v) is 12.5. The van der Waals surface area contributed by atoms with Crippen LogP contribution in [0.15, 0.2) is 65.3 Å². The zero-order chi connectivity index (χ0) is 16.1. The number of rotatable bonds is 4. The van der Waals surface area contributed by atoms with E-state index in [0.29, 0.717) is 11.4 Å². The summed E-state index contributed by atoms with van der Waals surface area (Å²) in [4.78, 5) is 0. The number of hydrogen-bond acceptors (Lipinski definition) is 4. The van der Waals surface area contributed by atoms with Crippen molar-refractivity contribution >= 4 is 11.6 Å². The van der Waals surface area contributed by atoms with Gasteiger partial charge in [0.25, 0.3) is 0 Å². The van der Waals surface area contributed by atoms with Crippen molar-refractivity contribution in [2.24, 2.45) is 7.05 Å². The maximum Gasteiger partial charge on any atom is 0.174 e. The summed E-state index contributed by atoms with van der Waals surface area (Å²) in [6.45, 7) is 0. The molecule has 0 aliphatic heterocycles. The summed E-state index contributed by atoms with van der Waals surface area (Å²) in [7, 11) is 1.85. The Bertz CT molecular complexity index is 881. The molecule has 0 saturated heterocycles. The second-order valence-electron chi connectivity index (χ2n) is 4.84. The molecular weight excluding hydrogens is 288 g/mol. The Morgan fingerprint density at radius 2 is 2.00 bits per heavy atom. The van der Waals surface area contributed by atoms with Crippen molar-refractivity contribution in [2.45, 2.75) is 0 Å². The lowest BCUT2D eigenvalue weighted by molar-refractivity contribution is 0.557. The summed E-state index contributed by atoms with van der Waals surface area (Å²) >= 11 is 0. The Hall–Kier alpha value is -3.39. The normalized spacial score (nSPS) is 11.7. The Kier molecular flexibility index (Phi) is 4.16. The summed E-state index contributed by atoms with van der Waals surface area (Å²) in [6, 6.07) is 15.6. The molecule has 5 heteroatoms. The van der Waals surface area contributed by atoms with E-state index in [4.69, 9.17) is 4.42 Å². The molecule has 0 radical (unpaired) electrons. The van der Waals surface area contributed by atoms with Crippen LogP contribution in [0.3, 0.4) is 0 Å². The lowest BCUT2D eigenvalue weighted by atomic mass is 10.2. The van der Waals surface area contributed by atoms with Gasteiger partial charge in [-0.25, -0.2) is 0 Å². The van der Waals surface area contributed by atoms with E-state index in [1.807, 2.05) is 54.1 Å². The zero-order valence-electron chi connectivity index (χ0n) is 12.5. The third-order valence-electron chi connectivity index (χ3n) is 3.33. The highest BCUT2D eigenvalue weighted by molar-refractivity contribution is 5.76. The number of allylic oxidation sites excluding steroid dienone is 3. The molecule has 3 rings (SSSR count). The first-order chi connectivity index (χ1) is 11.3. The minimum absolute atomic E-state index is 0.435. The van der Waals surface area contributed by atoms with Crippen LogP contribution in [0.4, 0.5) is 0 Å². The molecule has 2 aromatic heterocycles. The van der Waals surface area contributed by atoms with Crippen LogP contribution in [0.1, 0.15) is 11.6 Å². The minimum atomic E-state index is 0.435. The smallest absolute Gasteiger partial charge is 0.174 e. The van der Waals surface area contributed by atoms with Crippen molar-refractivity contribution in [3.63, 3.8) is 0 Å². The molecule has 0 saturated carbocycles. The third-order valence-corrected chi connectivity index (χ3v) is 3.33. The van der Waals surface area contributed by atoms with Crippen LogP contribution in [-0.4, -0.2) is 14.8 Å². The number of furan rings is 1. The van der Waals surface area contributed by atoms with Crippen LogP contribution < -0.4 is 0 Å². The highest BCUT2D eigenvalue weighted by Crippen LogP contribution is 2.20. The molecule has 2 heterocycles. The summed E-state index contributed by atoms with van der Waals surface area (Å²) in [5, 5.41) is 17.7. The largest absolute Gasteiger partial charge is 0.465 e. The van der Waals surface area contributed by atoms with E-state index >= 15 is 0 Å². The lowest BCUT2D eigenvalue weighted by Crippen LogP contribution is -1.98. The van der Waals surface area contributed by atoms with E-state index in [0.717, 1.165) is 17.1 Å². The molecule has 0 bridgehead atoms. The molecule has 0 atom stereocenters. The summed E-state index contributed by atoms with van der Waals surface area (Å²) in [6.07, 6.45) is 6.84. The summed E-state index contributed by atoms with van der Waals surface area (Å²) < 4.78 is 7.02. The number of nitriles is 1. The van der Waals surface area contributed by atoms with Gasteiger partial charge in [0.05, 0.1) is 11.8 Å². The van der Waals surface area contributed by atoms with E-state index in [1.54, 1.807) is 24.5 Å². The summed E-state index contributed by atoms with van der Waals surface area (Å²) in [5.74, 6) is 1.97. The molecule has 112 valence electrons. The summed E-state index contributed by atoms with van der Waals surface area (Å²) in [5.41, 5.74) is 1.39. The average Bonchev–Trinajstić information content (AvgIpc) is 3.23. The molecule has 0 unspecified atom stereocenters. The predicted octanol–water partition coefficient (Wildman–Crippen LogP) is 3.70. The van der Waals surface area contributed by atoms with Crippen molar-refractivity contribution < 1.29 is 4.42 Å². The van der Waals surface area contributed by atoms with Crippen LogP contribution in [0, 0.1) is 11.3 Å². The van der Waals surface area contributed by atoms with Crippen LogP contribution in [0.5, 0.6) is 0 Å². The van der Waals surface area contributed by atoms with Crippen LogP contribution in [0.25, 0.3) is 23.0 Å². The number of benzene rings is 1. The maximum atomic E-state index is 9.38. The fraction of sp³-hybridized carbons (Fsp3) is 0.0556. The fourth-order valence-electron chi connectivity index (χ4n) is 2.19. The van der Waals surface area contributed by atoms with Crippen molar-refractivity contribution in [3.8, 4) is 17.5 Å². The Balaban J connectivity index is 1.91. The Morgan fingerprint density at radius 1 is 1.17 bits per heavy atom. The molecule has 23 heavy (non-hydrogen) atoms. The molecular formula is C18H14N4O. The quantitative estimate of drug-likeness (QED) is 0.544. The molecule has 1 aromatic carbocycles. The van der Waals surface area contributed by atoms with Gasteiger partial charge >= 0.3 is 0 Å². The van der Waals surface area contributed by atoms with Crippen LogP contribution in [0.2, 0.25) is 0 Å². The van der Waals surface area contributed by atoms with Gasteiger partial charge in [-0.2, -0.15) is 5.26 Å². The number of aromatic nitrogens is 3. The monoisotopic (exact) mass is 302 g/mol. The van der Waals surface area contributed by atoms with Gasteiger partial charge in [0.2, 0.25) is 0 Å². The van der Waals surface area contributed by atoms with Gasteiger partial charge in [0, 0.05) is 12.6 Å². The van der Waals surface area contributed by atoms with Gasteiger partial charge in [-0.3, -0.25) is 0 Å². The lowest BCUT2D eigenvalue weighted by Gasteiger charge is -2.02. The SMILES string of the molecule is Cn1c(C(C#N)=CC=Cc2ccco2)nnc1-c1ccccc1. The molecule has 0 N–H and O–H groups in total. The van der Waals surface area contributed by atoms with E-state index in [1.165, 1.54) is 0 Å². The Labute approximate surface area is 133 Å². The van der Waals surface area contributed by atoms with Crippen molar-refractivity contribution in [1.82, 2.24) is 14.8 Å². The van der Waals surface area contributed by atoms with Gasteiger partial charge < -0.3 is 8.98 Å². The number of nitrogens with zero attached hydrogens (tertiary/aromatic N) is 4. The van der Waals surface area contributed by atoms with E-state index in [2.05, 4.69) is 16.3 Å². The van der Waals surface area contributed by atoms with Crippen molar-refractivity contribution in [2.75, 3.05) is 0 Å². The van der Waals surface area contributed by atoms with E-state index < -0.39 is 0 Å². The molecule has 0 spiro atoms. The topological polar surface area (TPSA) is 67.6 Å². The van der Waals surface area contributed by atoms with Gasteiger partial charge in [-0.05, 0) is 24.3 Å². The average molecular weight is 302 g/mol. The van der Waals surface area contributed by atoms with E-state index in [-0.39, 0.29) is 0 Å². The van der Waals surface area contributed by atoms with E-state index in [9.17, 15) is 5.26 Å². The highest BCUT2D eigenvalue weighted by atomic mass is 16.3. The fourth-order valence-corrected chi connectivity index (χ4v) is 2.19. The van der Waals surface area contributed by atoms with Crippen molar-refractivity contribution in [1.29, 1.82) is 5.26 Å². The maximum absolute atomic E-state index is 9.38. The molecule has 5 nitrogen and oxygen atoms in total.